The molecule has 1 atom stereocenters. The number of aryl methyl sites for hydroxylation is 3. The molecule has 1 fully saturated rings. The van der Waals surface area contributed by atoms with E-state index in [0.29, 0.717) is 13.2 Å². The van der Waals surface area contributed by atoms with Gasteiger partial charge in [0.05, 0.1) is 0 Å². The van der Waals surface area contributed by atoms with Crippen molar-refractivity contribution in [1.82, 2.24) is 4.90 Å². The van der Waals surface area contributed by atoms with Crippen LogP contribution in [0.15, 0.2) is 12.1 Å². The lowest BCUT2D eigenvalue weighted by molar-refractivity contribution is -0.176. The lowest BCUT2D eigenvalue weighted by Crippen LogP contribution is -2.47. The lowest BCUT2D eigenvalue weighted by atomic mass is 9.71. The molecule has 0 aliphatic heterocycles. The predicted molar refractivity (Wildman–Crippen MR) is 110 cm³/mol. The van der Waals surface area contributed by atoms with Crippen molar-refractivity contribution in [2.75, 3.05) is 26.2 Å². The average molecular weight is 376 g/mol. The Bertz CT molecular complexity index is 610. The molecule has 152 valence electrons. The van der Waals surface area contributed by atoms with Crippen molar-refractivity contribution in [2.24, 2.45) is 5.92 Å². The van der Waals surface area contributed by atoms with Crippen molar-refractivity contribution >= 4 is 5.97 Å². The summed E-state index contributed by atoms with van der Waals surface area (Å²) in [4.78, 5) is 15.4. The Balaban J connectivity index is 2.32. The highest BCUT2D eigenvalue weighted by molar-refractivity contribution is 5.82. The first-order valence-electron chi connectivity index (χ1n) is 10.5. The summed E-state index contributed by atoms with van der Waals surface area (Å²) < 4.78 is 5.66. The Hall–Kier alpha value is -1.39. The molecule has 0 unspecified atom stereocenters. The van der Waals surface area contributed by atoms with Gasteiger partial charge in [-0.25, -0.2) is 4.79 Å². The molecule has 27 heavy (non-hydrogen) atoms. The summed E-state index contributed by atoms with van der Waals surface area (Å²) in [6, 6.07) is 4.11. The maximum atomic E-state index is 13.2. The number of aliphatic hydroxyl groups is 1. The topological polar surface area (TPSA) is 49.8 Å². The van der Waals surface area contributed by atoms with E-state index in [1.807, 2.05) is 20.8 Å². The number of benzene rings is 1. The molecule has 0 radical (unpaired) electrons. The van der Waals surface area contributed by atoms with E-state index in [2.05, 4.69) is 30.9 Å². The first-order valence-corrected chi connectivity index (χ1v) is 10.5. The number of hydrogen-bond donors (Lipinski definition) is 1. The van der Waals surface area contributed by atoms with Crippen LogP contribution in [0.3, 0.4) is 0 Å². The minimum Gasteiger partial charge on any atom is -0.462 e. The molecule has 4 nitrogen and oxygen atoms in total. The number of esters is 1. The van der Waals surface area contributed by atoms with E-state index in [9.17, 15) is 9.90 Å². The van der Waals surface area contributed by atoms with E-state index >= 15 is 0 Å². The van der Waals surface area contributed by atoms with Crippen LogP contribution in [0.2, 0.25) is 0 Å². The van der Waals surface area contributed by atoms with Crippen molar-refractivity contribution in [1.29, 1.82) is 0 Å². The molecule has 1 aliphatic rings. The predicted octanol–water partition coefficient (Wildman–Crippen LogP) is 4.26. The van der Waals surface area contributed by atoms with Gasteiger partial charge in [0.2, 0.25) is 0 Å². The Labute approximate surface area is 164 Å². The van der Waals surface area contributed by atoms with Gasteiger partial charge in [0.15, 0.2) is 5.60 Å². The minimum atomic E-state index is -1.55. The summed E-state index contributed by atoms with van der Waals surface area (Å²) in [5, 5.41) is 11.8. The van der Waals surface area contributed by atoms with Crippen LogP contribution in [-0.2, 0) is 15.1 Å². The van der Waals surface area contributed by atoms with Crippen molar-refractivity contribution in [3.63, 3.8) is 0 Å². The van der Waals surface area contributed by atoms with Gasteiger partial charge in [0.1, 0.15) is 6.61 Å². The zero-order valence-electron chi connectivity index (χ0n) is 17.8. The summed E-state index contributed by atoms with van der Waals surface area (Å²) in [6.45, 7) is 13.1. The van der Waals surface area contributed by atoms with Crippen LogP contribution in [0.25, 0.3) is 0 Å². The second kappa shape index (κ2) is 9.70. The fraction of sp³-hybridized carbons (Fsp3) is 0.696. The fourth-order valence-electron chi connectivity index (χ4n) is 4.69. The van der Waals surface area contributed by atoms with Crippen LogP contribution in [-0.4, -0.2) is 42.2 Å². The number of rotatable bonds is 8. The summed E-state index contributed by atoms with van der Waals surface area (Å²) >= 11 is 0. The summed E-state index contributed by atoms with van der Waals surface area (Å²) in [7, 11) is 0. The Morgan fingerprint density at radius 3 is 2.19 bits per heavy atom. The van der Waals surface area contributed by atoms with Crippen molar-refractivity contribution < 1.29 is 14.6 Å². The number of nitrogens with zero attached hydrogens (tertiary/aromatic N) is 1. The zero-order valence-corrected chi connectivity index (χ0v) is 17.8. The molecule has 2 rings (SSSR count). The van der Waals surface area contributed by atoms with Gasteiger partial charge in [0, 0.05) is 18.0 Å². The van der Waals surface area contributed by atoms with E-state index in [4.69, 9.17) is 4.74 Å². The molecule has 4 heteroatoms. The van der Waals surface area contributed by atoms with Gasteiger partial charge in [-0.1, -0.05) is 50.8 Å². The largest absolute Gasteiger partial charge is 0.462 e. The third-order valence-corrected chi connectivity index (χ3v) is 6.10. The maximum absolute atomic E-state index is 13.2. The van der Waals surface area contributed by atoms with Crippen LogP contribution >= 0.6 is 0 Å². The molecule has 1 aromatic rings. The van der Waals surface area contributed by atoms with Crippen LogP contribution in [0, 0.1) is 26.7 Å². The molecule has 1 aromatic carbocycles. The van der Waals surface area contributed by atoms with Crippen molar-refractivity contribution in [3.8, 4) is 0 Å². The smallest absolute Gasteiger partial charge is 0.343 e. The van der Waals surface area contributed by atoms with Crippen LogP contribution < -0.4 is 0 Å². The highest BCUT2D eigenvalue weighted by Crippen LogP contribution is 2.43. The molecular weight excluding hydrogens is 338 g/mol. The van der Waals surface area contributed by atoms with Gasteiger partial charge in [-0.3, -0.25) is 0 Å². The number of carbonyl (C=O) groups is 1. The molecule has 1 saturated carbocycles. The second-order valence-electron chi connectivity index (χ2n) is 8.04. The fourth-order valence-corrected chi connectivity index (χ4v) is 4.69. The monoisotopic (exact) mass is 375 g/mol. The Morgan fingerprint density at radius 1 is 1.11 bits per heavy atom. The first kappa shape index (κ1) is 21.9. The first-order chi connectivity index (χ1) is 12.8. The standard InChI is InChI=1S/C23H37NO3/c1-6-24(7-2)13-14-27-22(25)23(26,20-11-9-8-10-12-20)21-18(4)15-17(3)16-19(21)5/h15-16,20,26H,6-14H2,1-5H3/t23-/m0/s1. The third-order valence-electron chi connectivity index (χ3n) is 6.10. The molecule has 0 saturated heterocycles. The van der Waals surface area contributed by atoms with Gasteiger partial charge in [-0.05, 0) is 57.8 Å². The molecule has 0 heterocycles. The molecule has 0 spiro atoms. The summed E-state index contributed by atoms with van der Waals surface area (Å²) in [5.74, 6) is -0.552. The zero-order chi connectivity index (χ0) is 20.0. The van der Waals surface area contributed by atoms with Gasteiger partial charge in [-0.2, -0.15) is 0 Å². The highest BCUT2D eigenvalue weighted by Gasteiger charge is 2.48. The van der Waals surface area contributed by atoms with E-state index in [-0.39, 0.29) is 5.92 Å². The SMILES string of the molecule is CCN(CC)CCOC(=O)[C@@](O)(c1c(C)cc(C)cc1C)C1CCCCC1. The Kier molecular flexibility index (Phi) is 7.87. The van der Waals surface area contributed by atoms with Gasteiger partial charge >= 0.3 is 5.97 Å². The number of likely N-dealkylation sites (N-methyl/N-ethyl adjacent to an activating group) is 1. The van der Waals surface area contributed by atoms with Crippen molar-refractivity contribution in [3.05, 3.63) is 34.4 Å². The molecule has 0 amide bonds. The highest BCUT2D eigenvalue weighted by atomic mass is 16.5. The molecule has 1 aliphatic carbocycles. The molecule has 0 bridgehead atoms. The Morgan fingerprint density at radius 2 is 1.67 bits per heavy atom. The van der Waals surface area contributed by atoms with E-state index in [1.54, 1.807) is 0 Å². The molecule has 1 N–H and O–H groups in total. The van der Waals surface area contributed by atoms with Gasteiger partial charge in [-0.15, -0.1) is 0 Å². The van der Waals surface area contributed by atoms with E-state index in [1.165, 1.54) is 6.42 Å². The maximum Gasteiger partial charge on any atom is 0.343 e. The third kappa shape index (κ3) is 4.91. The molecular formula is C23H37NO3. The summed E-state index contributed by atoms with van der Waals surface area (Å²) in [6.07, 6.45) is 5.03. The molecule has 0 aromatic heterocycles. The van der Waals surface area contributed by atoms with Crippen molar-refractivity contribution in [2.45, 2.75) is 72.3 Å². The van der Waals surface area contributed by atoms with Crippen LogP contribution in [0.4, 0.5) is 0 Å². The van der Waals surface area contributed by atoms with Crippen LogP contribution in [0.1, 0.15) is 68.2 Å². The lowest BCUT2D eigenvalue weighted by Gasteiger charge is -2.38. The number of carbonyl (C=O) groups excluding carboxylic acids is 1. The number of ether oxygens (including phenoxy) is 1. The van der Waals surface area contributed by atoms with Crippen LogP contribution in [0.5, 0.6) is 0 Å². The average Bonchev–Trinajstić information content (AvgIpc) is 2.64. The van der Waals surface area contributed by atoms with Gasteiger partial charge in [0.25, 0.3) is 0 Å². The normalized spacial score (nSPS) is 17.7. The van der Waals surface area contributed by atoms with E-state index in [0.717, 1.165) is 61.0 Å². The minimum absolute atomic E-state index is 0.0766. The quantitative estimate of drug-likeness (QED) is 0.690. The van der Waals surface area contributed by atoms with E-state index < -0.39 is 11.6 Å². The number of hydrogen-bond acceptors (Lipinski definition) is 4. The second-order valence-corrected chi connectivity index (χ2v) is 8.04. The summed E-state index contributed by atoms with van der Waals surface area (Å²) in [5.41, 5.74) is 2.30. The van der Waals surface area contributed by atoms with Gasteiger partial charge < -0.3 is 14.7 Å².